The molecule has 0 aliphatic carbocycles. The Morgan fingerprint density at radius 2 is 1.94 bits per heavy atom. The Balaban J connectivity index is 1.28. The van der Waals surface area contributed by atoms with Gasteiger partial charge in [-0.25, -0.2) is 13.9 Å². The predicted octanol–water partition coefficient (Wildman–Crippen LogP) is 4.98. The number of anilines is 2. The van der Waals surface area contributed by atoms with Crippen LogP contribution in [0, 0.1) is 12.7 Å². The van der Waals surface area contributed by atoms with Gasteiger partial charge >= 0.3 is 0 Å². The van der Waals surface area contributed by atoms with Crippen molar-refractivity contribution in [3.8, 4) is 11.1 Å². The fourth-order valence-electron chi connectivity index (χ4n) is 4.60. The quantitative estimate of drug-likeness (QED) is 0.384. The summed E-state index contributed by atoms with van der Waals surface area (Å²) in [5.41, 5.74) is 10.3. The molecule has 5 rings (SSSR count). The van der Waals surface area contributed by atoms with Crippen molar-refractivity contribution in [1.82, 2.24) is 19.9 Å². The number of fused-ring (bicyclic) bond motifs is 1. The first-order chi connectivity index (χ1) is 16.7. The first-order valence-electron chi connectivity index (χ1n) is 11.4. The van der Waals surface area contributed by atoms with Gasteiger partial charge in [0, 0.05) is 52.2 Å². The van der Waals surface area contributed by atoms with E-state index in [1.54, 1.807) is 16.8 Å². The van der Waals surface area contributed by atoms with Crippen molar-refractivity contribution < 1.29 is 9.18 Å². The molecule has 9 heteroatoms. The molecule has 1 aliphatic heterocycles. The van der Waals surface area contributed by atoms with Gasteiger partial charge in [-0.3, -0.25) is 4.79 Å². The van der Waals surface area contributed by atoms with Crippen LogP contribution in [0.4, 0.5) is 15.9 Å². The fourth-order valence-corrected chi connectivity index (χ4v) is 5.02. The van der Waals surface area contributed by atoms with Crippen LogP contribution in [0.3, 0.4) is 0 Å². The van der Waals surface area contributed by atoms with Crippen LogP contribution in [0.15, 0.2) is 59.5 Å². The Morgan fingerprint density at radius 3 is 2.66 bits per heavy atom. The number of halogens is 2. The maximum Gasteiger partial charge on any atom is 0.252 e. The van der Waals surface area contributed by atoms with Gasteiger partial charge in [-0.05, 0) is 78.5 Å². The highest BCUT2D eigenvalue weighted by atomic mass is 79.9. The zero-order valence-electron chi connectivity index (χ0n) is 19.6. The summed E-state index contributed by atoms with van der Waals surface area (Å²) in [5, 5.41) is 7.43. The highest BCUT2D eigenvalue weighted by molar-refractivity contribution is 9.10. The van der Waals surface area contributed by atoms with Crippen LogP contribution in [0.1, 0.15) is 35.7 Å². The van der Waals surface area contributed by atoms with Crippen molar-refractivity contribution >= 4 is 38.9 Å². The highest BCUT2D eigenvalue weighted by Gasteiger charge is 2.32. The average Bonchev–Trinajstić information content (AvgIpc) is 3.20. The summed E-state index contributed by atoms with van der Waals surface area (Å²) in [6.45, 7) is 5.36. The van der Waals surface area contributed by atoms with E-state index >= 15 is 0 Å². The second-order valence-electron chi connectivity index (χ2n) is 9.33. The molecule has 0 unspecified atom stereocenters. The molecule has 1 amide bonds. The summed E-state index contributed by atoms with van der Waals surface area (Å²) in [6, 6.07) is 10.4. The third-order valence-electron chi connectivity index (χ3n) is 6.72. The Labute approximate surface area is 211 Å². The van der Waals surface area contributed by atoms with Crippen LogP contribution in [-0.2, 0) is 0 Å². The number of piperidine rings is 1. The predicted molar refractivity (Wildman–Crippen MR) is 139 cm³/mol. The van der Waals surface area contributed by atoms with E-state index in [1.807, 2.05) is 44.4 Å². The standard InChI is InChI=1S/C26H26BrFN6O/c1-16-3-5-19(28)12-20(16)25(35)32-26(2)7-9-33(10-8-26)23-6-4-17(13-30-23)21-11-18(27)15-34-24(21)22(29)14-31-34/h3-6,11-15H,7-10,29H2,1-2H3,(H,32,35). The second-order valence-corrected chi connectivity index (χ2v) is 10.2. The lowest BCUT2D eigenvalue weighted by atomic mass is 9.89. The zero-order chi connectivity index (χ0) is 24.7. The normalized spacial score (nSPS) is 15.4. The molecule has 180 valence electrons. The molecule has 0 radical (unpaired) electrons. The number of nitrogens with two attached hydrogens (primary N) is 1. The molecule has 7 nitrogen and oxygen atoms in total. The van der Waals surface area contributed by atoms with Gasteiger partial charge in [0.15, 0.2) is 0 Å². The fraction of sp³-hybridized carbons (Fsp3) is 0.269. The Morgan fingerprint density at radius 1 is 1.17 bits per heavy atom. The molecule has 3 aromatic heterocycles. The number of amides is 1. The number of aromatic nitrogens is 3. The smallest absolute Gasteiger partial charge is 0.252 e. The molecule has 4 heterocycles. The molecule has 1 saturated heterocycles. The number of nitrogens with zero attached hydrogens (tertiary/aromatic N) is 4. The number of hydrogen-bond donors (Lipinski definition) is 2. The van der Waals surface area contributed by atoms with E-state index < -0.39 is 5.82 Å². The largest absolute Gasteiger partial charge is 0.396 e. The maximum absolute atomic E-state index is 13.7. The minimum atomic E-state index is -0.408. The lowest BCUT2D eigenvalue weighted by molar-refractivity contribution is 0.0890. The second kappa shape index (κ2) is 8.96. The number of aryl methyl sites for hydroxylation is 1. The van der Waals surface area contributed by atoms with E-state index in [-0.39, 0.29) is 11.4 Å². The molecule has 0 bridgehead atoms. The van der Waals surface area contributed by atoms with E-state index in [2.05, 4.69) is 31.2 Å². The number of nitrogens with one attached hydrogen (secondary N) is 1. The third-order valence-corrected chi connectivity index (χ3v) is 7.15. The van der Waals surface area contributed by atoms with Gasteiger partial charge in [0.2, 0.25) is 0 Å². The molecule has 1 aliphatic rings. The van der Waals surface area contributed by atoms with Crippen LogP contribution >= 0.6 is 15.9 Å². The molecule has 1 fully saturated rings. The number of carbonyl (C=O) groups is 1. The summed E-state index contributed by atoms with van der Waals surface area (Å²) in [7, 11) is 0. The Kier molecular flexibility index (Phi) is 5.96. The average molecular weight is 537 g/mol. The van der Waals surface area contributed by atoms with Gasteiger partial charge in [-0.1, -0.05) is 6.07 Å². The minimum absolute atomic E-state index is 0.236. The van der Waals surface area contributed by atoms with Crippen molar-refractivity contribution in [2.75, 3.05) is 23.7 Å². The number of rotatable bonds is 4. The lowest BCUT2D eigenvalue weighted by Crippen LogP contribution is -2.53. The summed E-state index contributed by atoms with van der Waals surface area (Å²) in [6.07, 6.45) is 6.89. The molecule has 4 aromatic rings. The van der Waals surface area contributed by atoms with Gasteiger partial charge in [0.05, 0.1) is 17.4 Å². The molecule has 0 atom stereocenters. The van der Waals surface area contributed by atoms with Crippen molar-refractivity contribution in [3.05, 3.63) is 76.4 Å². The van der Waals surface area contributed by atoms with Crippen molar-refractivity contribution in [2.24, 2.45) is 0 Å². The lowest BCUT2D eigenvalue weighted by Gasteiger charge is -2.40. The van der Waals surface area contributed by atoms with E-state index in [4.69, 9.17) is 10.7 Å². The number of carbonyl (C=O) groups excluding carboxylic acids is 1. The van der Waals surface area contributed by atoms with Gasteiger partial charge in [-0.15, -0.1) is 0 Å². The number of hydrogen-bond acceptors (Lipinski definition) is 5. The number of benzene rings is 1. The summed E-state index contributed by atoms with van der Waals surface area (Å²) >= 11 is 3.54. The van der Waals surface area contributed by atoms with Crippen LogP contribution in [0.5, 0.6) is 0 Å². The molecule has 1 aromatic carbocycles. The first kappa shape index (κ1) is 23.3. The SMILES string of the molecule is Cc1ccc(F)cc1C(=O)NC1(C)CCN(c2ccc(-c3cc(Br)cn4ncc(N)c34)cn2)CC1. The Bertz CT molecular complexity index is 1410. The van der Waals surface area contributed by atoms with Crippen molar-refractivity contribution in [3.63, 3.8) is 0 Å². The molecule has 0 saturated carbocycles. The monoisotopic (exact) mass is 536 g/mol. The molecule has 0 spiro atoms. The van der Waals surface area contributed by atoms with Gasteiger partial charge < -0.3 is 16.0 Å². The van der Waals surface area contributed by atoms with Crippen LogP contribution in [-0.4, -0.2) is 39.1 Å². The van der Waals surface area contributed by atoms with E-state index in [0.717, 1.165) is 58.4 Å². The van der Waals surface area contributed by atoms with Gasteiger partial charge in [0.25, 0.3) is 5.91 Å². The summed E-state index contributed by atoms with van der Waals surface area (Å²) in [5.74, 6) is 0.241. The van der Waals surface area contributed by atoms with E-state index in [1.165, 1.54) is 12.1 Å². The zero-order valence-corrected chi connectivity index (χ0v) is 21.1. The topological polar surface area (TPSA) is 88.5 Å². The number of pyridine rings is 2. The summed E-state index contributed by atoms with van der Waals surface area (Å²) in [4.78, 5) is 19.7. The van der Waals surface area contributed by atoms with E-state index in [9.17, 15) is 9.18 Å². The van der Waals surface area contributed by atoms with E-state index in [0.29, 0.717) is 11.3 Å². The molecule has 3 N–H and O–H groups in total. The van der Waals surface area contributed by atoms with Gasteiger partial charge in [0.1, 0.15) is 11.6 Å². The third kappa shape index (κ3) is 4.60. The van der Waals surface area contributed by atoms with Crippen LogP contribution in [0.25, 0.3) is 16.6 Å². The molecular formula is C26H26BrFN6O. The number of nitrogen functional groups attached to an aromatic ring is 1. The maximum atomic E-state index is 13.7. The van der Waals surface area contributed by atoms with Crippen LogP contribution < -0.4 is 16.0 Å². The van der Waals surface area contributed by atoms with Crippen molar-refractivity contribution in [2.45, 2.75) is 32.2 Å². The Hall–Kier alpha value is -3.46. The first-order valence-corrected chi connectivity index (χ1v) is 12.2. The molecular weight excluding hydrogens is 511 g/mol. The minimum Gasteiger partial charge on any atom is -0.396 e. The van der Waals surface area contributed by atoms with Crippen molar-refractivity contribution in [1.29, 1.82) is 0 Å². The molecule has 35 heavy (non-hydrogen) atoms. The highest BCUT2D eigenvalue weighted by Crippen LogP contribution is 2.32. The van der Waals surface area contributed by atoms with Gasteiger partial charge in [-0.2, -0.15) is 5.10 Å². The summed E-state index contributed by atoms with van der Waals surface area (Å²) < 4.78 is 16.3. The van der Waals surface area contributed by atoms with Crippen LogP contribution in [0.2, 0.25) is 0 Å².